The Morgan fingerprint density at radius 1 is 0.571 bits per heavy atom. The molecule has 0 aromatic carbocycles. The standard InChI is InChI=1S/C10H21NS3/c1-3-11-4-8-12-6-2-7-14-10-9-13-5-1/h11H,1-10H2. The molecule has 0 unspecified atom stereocenters. The van der Waals surface area contributed by atoms with Gasteiger partial charge in [0.05, 0.1) is 0 Å². The van der Waals surface area contributed by atoms with Crippen LogP contribution in [0.25, 0.3) is 0 Å². The molecule has 0 radical (unpaired) electrons. The Balaban J connectivity index is 2.00. The number of hydrogen-bond donors (Lipinski definition) is 1. The summed E-state index contributed by atoms with van der Waals surface area (Å²) in [7, 11) is 0. The normalized spacial score (nSPS) is 24.0. The highest BCUT2D eigenvalue weighted by molar-refractivity contribution is 8.03. The van der Waals surface area contributed by atoms with Gasteiger partial charge in [0, 0.05) is 23.8 Å². The van der Waals surface area contributed by atoms with Crippen molar-refractivity contribution in [2.75, 3.05) is 47.6 Å². The van der Waals surface area contributed by atoms with E-state index in [9.17, 15) is 0 Å². The Morgan fingerprint density at radius 2 is 1.21 bits per heavy atom. The maximum Gasteiger partial charge on any atom is 0.00581 e. The van der Waals surface area contributed by atoms with Crippen molar-refractivity contribution in [3.63, 3.8) is 0 Å². The zero-order valence-electron chi connectivity index (χ0n) is 8.80. The van der Waals surface area contributed by atoms with Gasteiger partial charge in [0.2, 0.25) is 0 Å². The molecule has 0 aliphatic carbocycles. The number of thioether (sulfide) groups is 3. The molecule has 1 fully saturated rings. The van der Waals surface area contributed by atoms with Crippen LogP contribution >= 0.6 is 35.3 Å². The second-order valence-electron chi connectivity index (χ2n) is 3.29. The lowest BCUT2D eigenvalue weighted by Crippen LogP contribution is -2.19. The van der Waals surface area contributed by atoms with Crippen LogP contribution in [0, 0.1) is 0 Å². The third-order valence-corrected chi connectivity index (χ3v) is 5.48. The van der Waals surface area contributed by atoms with Crippen molar-refractivity contribution in [2.24, 2.45) is 0 Å². The van der Waals surface area contributed by atoms with Crippen molar-refractivity contribution in [2.45, 2.75) is 12.8 Å². The monoisotopic (exact) mass is 251 g/mol. The molecular formula is C10H21NS3. The Labute approximate surface area is 101 Å². The van der Waals surface area contributed by atoms with Crippen LogP contribution in [0.1, 0.15) is 12.8 Å². The van der Waals surface area contributed by atoms with E-state index in [-0.39, 0.29) is 0 Å². The maximum atomic E-state index is 3.50. The molecule has 84 valence electrons. The highest BCUT2D eigenvalue weighted by atomic mass is 32.2. The van der Waals surface area contributed by atoms with Crippen molar-refractivity contribution in [1.29, 1.82) is 0 Å². The molecule has 0 aromatic rings. The van der Waals surface area contributed by atoms with Gasteiger partial charge in [-0.25, -0.2) is 0 Å². The summed E-state index contributed by atoms with van der Waals surface area (Å²) in [5.74, 6) is 8.03. The van der Waals surface area contributed by atoms with Crippen LogP contribution < -0.4 is 5.32 Å². The molecule has 14 heavy (non-hydrogen) atoms. The second kappa shape index (κ2) is 10.5. The molecule has 0 atom stereocenters. The molecule has 0 bridgehead atoms. The van der Waals surface area contributed by atoms with Crippen molar-refractivity contribution in [3.8, 4) is 0 Å². The SMILES string of the molecule is C1CNCCSCCCSCCSC1. The van der Waals surface area contributed by atoms with Crippen molar-refractivity contribution >= 4 is 35.3 Å². The molecule has 1 aliphatic heterocycles. The summed E-state index contributed by atoms with van der Waals surface area (Å²) in [5, 5.41) is 3.50. The fourth-order valence-electron chi connectivity index (χ4n) is 1.26. The summed E-state index contributed by atoms with van der Waals surface area (Å²) in [5.41, 5.74) is 0. The minimum atomic E-state index is 1.20. The first-order valence-electron chi connectivity index (χ1n) is 5.44. The molecule has 0 aromatic heterocycles. The summed E-state index contributed by atoms with van der Waals surface area (Å²) < 4.78 is 0. The maximum absolute atomic E-state index is 3.50. The van der Waals surface area contributed by atoms with Crippen LogP contribution in [-0.2, 0) is 0 Å². The lowest BCUT2D eigenvalue weighted by atomic mass is 10.5. The van der Waals surface area contributed by atoms with Crippen molar-refractivity contribution in [1.82, 2.24) is 5.32 Å². The molecule has 1 nitrogen and oxygen atoms in total. The predicted octanol–water partition coefficient (Wildman–Crippen LogP) is 2.57. The highest BCUT2D eigenvalue weighted by Crippen LogP contribution is 2.11. The smallest absolute Gasteiger partial charge is 0.00581 e. The van der Waals surface area contributed by atoms with Gasteiger partial charge in [0.1, 0.15) is 0 Å². The topological polar surface area (TPSA) is 12.0 Å². The third-order valence-electron chi connectivity index (χ3n) is 2.01. The van der Waals surface area contributed by atoms with Gasteiger partial charge in [-0.3, -0.25) is 0 Å². The van der Waals surface area contributed by atoms with Gasteiger partial charge in [0.25, 0.3) is 0 Å². The van der Waals surface area contributed by atoms with E-state index in [1.54, 1.807) is 0 Å². The summed E-state index contributed by atoms with van der Waals surface area (Å²) >= 11 is 6.34. The lowest BCUT2D eigenvalue weighted by molar-refractivity contribution is 0.711. The number of hydrogen-bond acceptors (Lipinski definition) is 4. The van der Waals surface area contributed by atoms with E-state index in [0.29, 0.717) is 0 Å². The minimum Gasteiger partial charge on any atom is -0.316 e. The Morgan fingerprint density at radius 3 is 2.00 bits per heavy atom. The van der Waals surface area contributed by atoms with Crippen molar-refractivity contribution < 1.29 is 0 Å². The summed E-state index contributed by atoms with van der Waals surface area (Å²) in [4.78, 5) is 0. The van der Waals surface area contributed by atoms with Gasteiger partial charge in [-0.1, -0.05) is 0 Å². The number of rotatable bonds is 0. The largest absolute Gasteiger partial charge is 0.316 e. The zero-order chi connectivity index (χ0) is 9.90. The second-order valence-corrected chi connectivity index (χ2v) is 6.97. The van der Waals surface area contributed by atoms with Crippen LogP contribution in [-0.4, -0.2) is 47.6 Å². The highest BCUT2D eigenvalue weighted by Gasteiger charge is 1.95. The molecule has 4 heteroatoms. The molecule has 1 N–H and O–H groups in total. The average Bonchev–Trinajstić information content (AvgIpc) is 2.22. The van der Waals surface area contributed by atoms with Crippen LogP contribution in [0.15, 0.2) is 0 Å². The van der Waals surface area contributed by atoms with Gasteiger partial charge in [-0.2, -0.15) is 35.3 Å². The summed E-state index contributed by atoms with van der Waals surface area (Å²) in [6.45, 7) is 2.41. The van der Waals surface area contributed by atoms with Crippen molar-refractivity contribution in [3.05, 3.63) is 0 Å². The van der Waals surface area contributed by atoms with Crippen LogP contribution in [0.4, 0.5) is 0 Å². The van der Waals surface area contributed by atoms with Gasteiger partial charge < -0.3 is 5.32 Å². The number of nitrogens with one attached hydrogen (secondary N) is 1. The van der Waals surface area contributed by atoms with E-state index in [1.807, 2.05) is 0 Å². The van der Waals surface area contributed by atoms with E-state index in [0.717, 1.165) is 0 Å². The molecule has 1 saturated heterocycles. The summed E-state index contributed by atoms with van der Waals surface area (Å²) in [6, 6.07) is 0. The summed E-state index contributed by atoms with van der Waals surface area (Å²) in [6.07, 6.45) is 2.72. The zero-order valence-corrected chi connectivity index (χ0v) is 11.2. The average molecular weight is 251 g/mol. The first-order valence-corrected chi connectivity index (χ1v) is 8.90. The molecule has 0 saturated carbocycles. The van der Waals surface area contributed by atoms with Gasteiger partial charge >= 0.3 is 0 Å². The van der Waals surface area contributed by atoms with Gasteiger partial charge in [0.15, 0.2) is 0 Å². The van der Waals surface area contributed by atoms with E-state index in [4.69, 9.17) is 0 Å². The Bertz CT molecular complexity index is 68.6. The first kappa shape index (κ1) is 13.1. The Hall–Kier alpha value is 1.01. The van der Waals surface area contributed by atoms with Gasteiger partial charge in [-0.15, -0.1) is 0 Å². The van der Waals surface area contributed by atoms with Crippen LogP contribution in [0.3, 0.4) is 0 Å². The van der Waals surface area contributed by atoms with E-state index >= 15 is 0 Å². The fourth-order valence-corrected chi connectivity index (χ4v) is 4.33. The molecule has 1 heterocycles. The van der Waals surface area contributed by atoms with Gasteiger partial charge in [-0.05, 0) is 36.6 Å². The molecule has 1 aliphatic rings. The molecule has 1 rings (SSSR count). The van der Waals surface area contributed by atoms with Crippen LogP contribution in [0.2, 0.25) is 0 Å². The van der Waals surface area contributed by atoms with E-state index < -0.39 is 0 Å². The third kappa shape index (κ3) is 8.33. The first-order chi connectivity index (χ1) is 7.00. The Kier molecular flexibility index (Phi) is 9.83. The van der Waals surface area contributed by atoms with E-state index in [1.165, 1.54) is 60.4 Å². The molecule has 0 amide bonds. The molecular weight excluding hydrogens is 230 g/mol. The van der Waals surface area contributed by atoms with E-state index in [2.05, 4.69) is 40.6 Å². The minimum absolute atomic E-state index is 1.20. The predicted molar refractivity (Wildman–Crippen MR) is 74.1 cm³/mol. The fraction of sp³-hybridized carbons (Fsp3) is 1.00. The molecule has 0 spiro atoms. The van der Waals surface area contributed by atoms with Crippen LogP contribution in [0.5, 0.6) is 0 Å². The quantitative estimate of drug-likeness (QED) is 0.710. The lowest BCUT2D eigenvalue weighted by Gasteiger charge is -2.07.